The minimum atomic E-state index is 0.0104. The predicted molar refractivity (Wildman–Crippen MR) is 110 cm³/mol. The van der Waals surface area contributed by atoms with Gasteiger partial charge >= 0.3 is 0 Å². The van der Waals surface area contributed by atoms with Crippen LogP contribution in [0, 0.1) is 0 Å². The first-order valence-electron chi connectivity index (χ1n) is 10.2. The molecular formula is C17H33N11. The third kappa shape index (κ3) is 4.61. The standard InChI is InChI=1S/C17H33N11/c18-10-3-11(19)7-27(6-10)16-24-15(23-14-1-2-22-5-14)25-17(26-16)28-8-12(20)4-13(21)9-28/h10-14,22H,1-9,18-21H2,(H,23,24,25,26). The fourth-order valence-electron chi connectivity index (χ4n) is 4.35. The topological polar surface area (TPSA) is 173 Å². The van der Waals surface area contributed by atoms with Gasteiger partial charge < -0.3 is 43.4 Å². The van der Waals surface area contributed by atoms with E-state index in [1.807, 2.05) is 0 Å². The van der Waals surface area contributed by atoms with E-state index in [0.717, 1.165) is 32.4 Å². The van der Waals surface area contributed by atoms with Crippen molar-refractivity contribution in [1.82, 2.24) is 20.3 Å². The van der Waals surface area contributed by atoms with Crippen LogP contribution in [0.4, 0.5) is 17.8 Å². The molecule has 3 fully saturated rings. The Balaban J connectivity index is 1.62. The van der Waals surface area contributed by atoms with Crippen molar-refractivity contribution in [2.24, 2.45) is 22.9 Å². The highest BCUT2D eigenvalue weighted by atomic mass is 15.4. The Labute approximate surface area is 165 Å². The summed E-state index contributed by atoms with van der Waals surface area (Å²) in [6, 6.07) is 0.347. The summed E-state index contributed by atoms with van der Waals surface area (Å²) >= 11 is 0. The van der Waals surface area contributed by atoms with Crippen molar-refractivity contribution in [3.05, 3.63) is 0 Å². The highest BCUT2D eigenvalue weighted by Gasteiger charge is 2.29. The van der Waals surface area contributed by atoms with Crippen molar-refractivity contribution >= 4 is 17.8 Å². The molecule has 0 aliphatic carbocycles. The number of nitrogens with zero attached hydrogens (tertiary/aromatic N) is 5. The molecule has 4 heterocycles. The largest absolute Gasteiger partial charge is 0.350 e. The molecule has 5 unspecified atom stereocenters. The zero-order valence-corrected chi connectivity index (χ0v) is 16.3. The van der Waals surface area contributed by atoms with E-state index in [4.69, 9.17) is 27.9 Å². The van der Waals surface area contributed by atoms with Gasteiger partial charge in [0, 0.05) is 62.9 Å². The summed E-state index contributed by atoms with van der Waals surface area (Å²) in [4.78, 5) is 18.2. The fraction of sp³-hybridized carbons (Fsp3) is 0.824. The van der Waals surface area contributed by atoms with Crippen molar-refractivity contribution in [3.8, 4) is 0 Å². The van der Waals surface area contributed by atoms with Gasteiger partial charge in [-0.2, -0.15) is 15.0 Å². The molecule has 11 heteroatoms. The number of hydrogen-bond donors (Lipinski definition) is 6. The summed E-state index contributed by atoms with van der Waals surface area (Å²) in [5.41, 5.74) is 24.7. The molecule has 10 N–H and O–H groups in total. The van der Waals surface area contributed by atoms with Gasteiger partial charge in [-0.3, -0.25) is 0 Å². The Morgan fingerprint density at radius 3 is 1.71 bits per heavy atom. The van der Waals surface area contributed by atoms with E-state index in [2.05, 4.69) is 30.4 Å². The van der Waals surface area contributed by atoms with Gasteiger partial charge in [0.1, 0.15) is 0 Å². The van der Waals surface area contributed by atoms with E-state index in [0.29, 0.717) is 50.1 Å². The van der Waals surface area contributed by atoms with E-state index >= 15 is 0 Å². The van der Waals surface area contributed by atoms with Crippen molar-refractivity contribution in [2.45, 2.75) is 49.5 Å². The fourth-order valence-corrected chi connectivity index (χ4v) is 4.35. The van der Waals surface area contributed by atoms with Crippen LogP contribution in [-0.2, 0) is 0 Å². The first-order valence-corrected chi connectivity index (χ1v) is 10.2. The monoisotopic (exact) mass is 391 g/mol. The van der Waals surface area contributed by atoms with E-state index in [1.165, 1.54) is 0 Å². The molecule has 4 rings (SSSR count). The maximum Gasteiger partial charge on any atom is 0.232 e. The van der Waals surface area contributed by atoms with Crippen LogP contribution in [0.15, 0.2) is 0 Å². The first-order chi connectivity index (χ1) is 13.5. The van der Waals surface area contributed by atoms with Gasteiger partial charge in [-0.1, -0.05) is 0 Å². The van der Waals surface area contributed by atoms with Crippen LogP contribution in [0.1, 0.15) is 19.3 Å². The van der Waals surface area contributed by atoms with Gasteiger partial charge in [-0.15, -0.1) is 0 Å². The van der Waals surface area contributed by atoms with E-state index in [1.54, 1.807) is 0 Å². The predicted octanol–water partition coefficient (Wildman–Crippen LogP) is -2.63. The van der Waals surface area contributed by atoms with Gasteiger partial charge in [0.05, 0.1) is 0 Å². The number of nitrogens with one attached hydrogen (secondary N) is 2. The van der Waals surface area contributed by atoms with Gasteiger partial charge in [0.25, 0.3) is 0 Å². The smallest absolute Gasteiger partial charge is 0.232 e. The summed E-state index contributed by atoms with van der Waals surface area (Å²) in [7, 11) is 0. The average molecular weight is 392 g/mol. The lowest BCUT2D eigenvalue weighted by atomic mass is 10.0. The Hall–Kier alpha value is -1.79. The maximum atomic E-state index is 6.18. The minimum absolute atomic E-state index is 0.0104. The summed E-state index contributed by atoms with van der Waals surface area (Å²) < 4.78 is 0. The summed E-state index contributed by atoms with van der Waals surface area (Å²) in [5.74, 6) is 1.79. The van der Waals surface area contributed by atoms with Gasteiger partial charge in [-0.05, 0) is 25.8 Å². The zero-order chi connectivity index (χ0) is 19.7. The number of aromatic nitrogens is 3. The molecule has 0 aromatic carbocycles. The van der Waals surface area contributed by atoms with Crippen molar-refractivity contribution in [2.75, 3.05) is 54.4 Å². The van der Waals surface area contributed by atoms with Crippen molar-refractivity contribution < 1.29 is 0 Å². The molecule has 0 bridgehead atoms. The van der Waals surface area contributed by atoms with Crippen LogP contribution in [0.3, 0.4) is 0 Å². The Bertz CT molecular complexity index is 600. The molecule has 0 saturated carbocycles. The molecule has 28 heavy (non-hydrogen) atoms. The summed E-state index contributed by atoms with van der Waals surface area (Å²) in [6.07, 6.45) is 2.65. The van der Waals surface area contributed by atoms with Crippen molar-refractivity contribution in [1.29, 1.82) is 0 Å². The lowest BCUT2D eigenvalue weighted by Gasteiger charge is -2.37. The van der Waals surface area contributed by atoms with Crippen LogP contribution >= 0.6 is 0 Å². The van der Waals surface area contributed by atoms with Gasteiger partial charge in [0.15, 0.2) is 0 Å². The molecule has 3 saturated heterocycles. The van der Waals surface area contributed by atoms with Crippen LogP contribution in [0.5, 0.6) is 0 Å². The molecule has 1 aromatic rings. The second-order valence-electron chi connectivity index (χ2n) is 8.41. The first kappa shape index (κ1) is 19.5. The summed E-state index contributed by atoms with van der Waals surface area (Å²) in [6.45, 7) is 4.62. The van der Waals surface area contributed by atoms with E-state index < -0.39 is 0 Å². The van der Waals surface area contributed by atoms with Crippen LogP contribution < -0.4 is 43.4 Å². The molecule has 0 amide bonds. The number of anilines is 3. The quantitative estimate of drug-likeness (QED) is 0.317. The molecule has 3 aliphatic heterocycles. The lowest BCUT2D eigenvalue weighted by Crippen LogP contribution is -2.54. The Morgan fingerprint density at radius 2 is 1.29 bits per heavy atom. The lowest BCUT2D eigenvalue weighted by molar-refractivity contribution is 0.441. The highest BCUT2D eigenvalue weighted by Crippen LogP contribution is 2.22. The van der Waals surface area contributed by atoms with Crippen LogP contribution in [-0.4, -0.2) is 84.4 Å². The maximum absolute atomic E-state index is 6.18. The average Bonchev–Trinajstić information content (AvgIpc) is 3.13. The normalized spacial score (nSPS) is 33.9. The van der Waals surface area contributed by atoms with E-state index in [-0.39, 0.29) is 24.2 Å². The molecular weight excluding hydrogens is 358 g/mol. The molecule has 0 radical (unpaired) electrons. The Kier molecular flexibility index (Phi) is 5.78. The zero-order valence-electron chi connectivity index (χ0n) is 16.3. The van der Waals surface area contributed by atoms with Gasteiger partial charge in [-0.25, -0.2) is 0 Å². The molecule has 5 atom stereocenters. The molecule has 0 spiro atoms. The number of hydrogen-bond acceptors (Lipinski definition) is 11. The number of rotatable bonds is 4. The third-order valence-electron chi connectivity index (χ3n) is 5.60. The molecule has 3 aliphatic rings. The second kappa shape index (κ2) is 8.29. The van der Waals surface area contributed by atoms with E-state index in [9.17, 15) is 0 Å². The number of nitrogens with two attached hydrogens (primary N) is 4. The number of piperidine rings is 2. The van der Waals surface area contributed by atoms with Crippen LogP contribution in [0.25, 0.3) is 0 Å². The third-order valence-corrected chi connectivity index (χ3v) is 5.60. The second-order valence-corrected chi connectivity index (χ2v) is 8.41. The van der Waals surface area contributed by atoms with Crippen LogP contribution in [0.2, 0.25) is 0 Å². The Morgan fingerprint density at radius 1 is 0.786 bits per heavy atom. The molecule has 11 nitrogen and oxygen atoms in total. The van der Waals surface area contributed by atoms with Crippen molar-refractivity contribution in [3.63, 3.8) is 0 Å². The SMILES string of the molecule is NC1CC(N)CN(c2nc(NC3CCNC3)nc(N3CC(N)CC(N)C3)n2)C1. The molecule has 1 aromatic heterocycles. The highest BCUT2D eigenvalue weighted by molar-refractivity contribution is 5.47. The molecule has 156 valence electrons. The summed E-state index contributed by atoms with van der Waals surface area (Å²) in [5, 5.41) is 6.79. The minimum Gasteiger partial charge on any atom is -0.350 e. The van der Waals surface area contributed by atoms with Gasteiger partial charge in [0.2, 0.25) is 17.8 Å².